The average Bonchev–Trinajstić information content (AvgIpc) is 2.70. The van der Waals surface area contributed by atoms with E-state index in [9.17, 15) is 0 Å². The number of hydrogen-bond donors (Lipinski definition) is 2. The zero-order valence-electron chi connectivity index (χ0n) is 7.13. The third-order valence-corrected chi connectivity index (χ3v) is 2.29. The van der Waals surface area contributed by atoms with E-state index in [2.05, 4.69) is 20.2 Å². The molecule has 3 aromatic heterocycles. The summed E-state index contributed by atoms with van der Waals surface area (Å²) >= 11 is 0. The van der Waals surface area contributed by atoms with Crippen molar-refractivity contribution in [2.24, 2.45) is 0 Å². The van der Waals surface area contributed by atoms with Gasteiger partial charge in [0.2, 0.25) is 0 Å². The minimum atomic E-state index is 0.914. The summed E-state index contributed by atoms with van der Waals surface area (Å²) in [5, 5.41) is 9.38. The van der Waals surface area contributed by atoms with Crippen molar-refractivity contribution < 1.29 is 0 Å². The summed E-state index contributed by atoms with van der Waals surface area (Å²) in [6.07, 6.45) is 3.69. The highest BCUT2D eigenvalue weighted by molar-refractivity contribution is 6.04. The van der Waals surface area contributed by atoms with Gasteiger partial charge in [-0.25, -0.2) is 4.98 Å². The van der Waals surface area contributed by atoms with Gasteiger partial charge in [0.25, 0.3) is 0 Å². The van der Waals surface area contributed by atoms with Crippen LogP contribution < -0.4 is 0 Å². The van der Waals surface area contributed by atoms with Crippen LogP contribution in [0.25, 0.3) is 21.9 Å². The molecule has 64 valence electrons. The Bertz CT molecular complexity index is 575. The van der Waals surface area contributed by atoms with Crippen LogP contribution in [-0.2, 0) is 0 Å². The molecule has 3 rings (SSSR count). The molecule has 0 aliphatic carbocycles. The van der Waals surface area contributed by atoms with Crippen LogP contribution in [0.2, 0.25) is 0 Å². The SMILES string of the molecule is Cc1n[nH]c2cnc3[nH]ccc3c12. The first-order valence-corrected chi connectivity index (χ1v) is 4.13. The number of nitrogens with zero attached hydrogens (tertiary/aromatic N) is 2. The number of aromatic nitrogens is 4. The third-order valence-electron chi connectivity index (χ3n) is 2.29. The van der Waals surface area contributed by atoms with E-state index >= 15 is 0 Å². The van der Waals surface area contributed by atoms with Gasteiger partial charge >= 0.3 is 0 Å². The monoisotopic (exact) mass is 172 g/mol. The Morgan fingerprint density at radius 1 is 1.38 bits per heavy atom. The molecule has 4 nitrogen and oxygen atoms in total. The van der Waals surface area contributed by atoms with Crippen LogP contribution in [0, 0.1) is 6.92 Å². The highest BCUT2D eigenvalue weighted by Crippen LogP contribution is 2.23. The lowest BCUT2D eigenvalue weighted by molar-refractivity contribution is 1.07. The predicted octanol–water partition coefficient (Wildman–Crippen LogP) is 1.75. The van der Waals surface area contributed by atoms with E-state index in [0.29, 0.717) is 0 Å². The zero-order valence-corrected chi connectivity index (χ0v) is 7.13. The fourth-order valence-electron chi connectivity index (χ4n) is 1.68. The smallest absolute Gasteiger partial charge is 0.138 e. The molecule has 0 fully saturated rings. The first-order valence-electron chi connectivity index (χ1n) is 4.13. The van der Waals surface area contributed by atoms with Gasteiger partial charge in [0.15, 0.2) is 0 Å². The Hall–Kier alpha value is -1.84. The summed E-state index contributed by atoms with van der Waals surface area (Å²) in [5.74, 6) is 0. The third kappa shape index (κ3) is 0.744. The van der Waals surface area contributed by atoms with Crippen LogP contribution in [0.5, 0.6) is 0 Å². The molecule has 0 unspecified atom stereocenters. The van der Waals surface area contributed by atoms with Gasteiger partial charge in [-0.1, -0.05) is 0 Å². The maximum atomic E-state index is 4.26. The molecule has 13 heavy (non-hydrogen) atoms. The average molecular weight is 172 g/mol. The van der Waals surface area contributed by atoms with Crippen LogP contribution in [0.15, 0.2) is 18.5 Å². The molecule has 2 N–H and O–H groups in total. The van der Waals surface area contributed by atoms with Crippen LogP contribution >= 0.6 is 0 Å². The van der Waals surface area contributed by atoms with Gasteiger partial charge < -0.3 is 4.98 Å². The number of H-pyrrole nitrogens is 2. The maximum absolute atomic E-state index is 4.26. The van der Waals surface area contributed by atoms with Crippen molar-refractivity contribution in [3.63, 3.8) is 0 Å². The van der Waals surface area contributed by atoms with Gasteiger partial charge in [0.1, 0.15) is 5.65 Å². The lowest BCUT2D eigenvalue weighted by Crippen LogP contribution is -1.77. The Labute approximate surface area is 74.0 Å². The fourth-order valence-corrected chi connectivity index (χ4v) is 1.68. The molecule has 0 saturated carbocycles. The number of aryl methyl sites for hydroxylation is 1. The lowest BCUT2D eigenvalue weighted by atomic mass is 10.2. The Balaban J connectivity index is 2.70. The summed E-state index contributed by atoms with van der Waals surface area (Å²) in [5.41, 5.74) is 2.92. The molecule has 0 aliphatic heterocycles. The number of rotatable bonds is 0. The lowest BCUT2D eigenvalue weighted by Gasteiger charge is -1.91. The normalized spacial score (nSPS) is 11.5. The van der Waals surface area contributed by atoms with Crippen molar-refractivity contribution in [3.8, 4) is 0 Å². The summed E-state index contributed by atoms with van der Waals surface area (Å²) in [4.78, 5) is 7.33. The number of hydrogen-bond acceptors (Lipinski definition) is 2. The molecule has 4 heteroatoms. The molecule has 3 heterocycles. The van der Waals surface area contributed by atoms with Gasteiger partial charge in [-0.05, 0) is 13.0 Å². The molecule has 0 bridgehead atoms. The number of aromatic amines is 2. The van der Waals surface area contributed by atoms with E-state index in [-0.39, 0.29) is 0 Å². The summed E-state index contributed by atoms with van der Waals surface area (Å²) in [7, 11) is 0. The number of pyridine rings is 1. The van der Waals surface area contributed by atoms with Crippen LogP contribution in [-0.4, -0.2) is 20.2 Å². The van der Waals surface area contributed by atoms with Crippen molar-refractivity contribution >= 4 is 21.9 Å². The van der Waals surface area contributed by atoms with Gasteiger partial charge in [-0.3, -0.25) is 5.10 Å². The van der Waals surface area contributed by atoms with E-state index in [1.165, 1.54) is 0 Å². The van der Waals surface area contributed by atoms with E-state index in [1.54, 1.807) is 6.20 Å². The molecule has 0 atom stereocenters. The van der Waals surface area contributed by atoms with Crippen LogP contribution in [0.1, 0.15) is 5.69 Å². The van der Waals surface area contributed by atoms with E-state index in [0.717, 1.165) is 27.6 Å². The molecule has 0 saturated heterocycles. The summed E-state index contributed by atoms with van der Waals surface area (Å²) in [6, 6.07) is 2.02. The largest absolute Gasteiger partial charge is 0.346 e. The minimum Gasteiger partial charge on any atom is -0.346 e. The molecular formula is C9H8N4. The van der Waals surface area contributed by atoms with Crippen LogP contribution in [0.4, 0.5) is 0 Å². The molecule has 0 amide bonds. The second-order valence-corrected chi connectivity index (χ2v) is 3.10. The van der Waals surface area contributed by atoms with Crippen molar-refractivity contribution in [2.75, 3.05) is 0 Å². The predicted molar refractivity (Wildman–Crippen MR) is 50.5 cm³/mol. The standard InChI is InChI=1S/C9H8N4/c1-5-8-6-2-3-10-9(6)11-4-7(8)13-12-5/h2-4H,1H3,(H,10,11)(H,12,13). The molecule has 3 aromatic rings. The van der Waals surface area contributed by atoms with Gasteiger partial charge in [0, 0.05) is 17.0 Å². The Morgan fingerprint density at radius 2 is 2.31 bits per heavy atom. The van der Waals surface area contributed by atoms with Gasteiger partial charge in [0.05, 0.1) is 17.4 Å². The molecule has 0 spiro atoms. The maximum Gasteiger partial charge on any atom is 0.138 e. The second-order valence-electron chi connectivity index (χ2n) is 3.10. The molecular weight excluding hydrogens is 164 g/mol. The van der Waals surface area contributed by atoms with Crippen molar-refractivity contribution in [1.82, 2.24) is 20.2 Å². The van der Waals surface area contributed by atoms with Gasteiger partial charge in [-0.2, -0.15) is 5.10 Å². The van der Waals surface area contributed by atoms with Gasteiger partial charge in [-0.15, -0.1) is 0 Å². The van der Waals surface area contributed by atoms with Crippen molar-refractivity contribution in [1.29, 1.82) is 0 Å². The fraction of sp³-hybridized carbons (Fsp3) is 0.111. The Morgan fingerprint density at radius 3 is 3.23 bits per heavy atom. The van der Waals surface area contributed by atoms with E-state index in [1.807, 2.05) is 19.2 Å². The number of fused-ring (bicyclic) bond motifs is 3. The second kappa shape index (κ2) is 2.10. The summed E-state index contributed by atoms with van der Waals surface area (Å²) in [6.45, 7) is 1.99. The minimum absolute atomic E-state index is 0.914. The van der Waals surface area contributed by atoms with E-state index < -0.39 is 0 Å². The summed E-state index contributed by atoms with van der Waals surface area (Å²) < 4.78 is 0. The van der Waals surface area contributed by atoms with Crippen molar-refractivity contribution in [3.05, 3.63) is 24.2 Å². The molecule has 0 radical (unpaired) electrons. The van der Waals surface area contributed by atoms with Crippen molar-refractivity contribution in [2.45, 2.75) is 6.92 Å². The quantitative estimate of drug-likeness (QED) is 0.542. The first kappa shape index (κ1) is 6.65. The first-order chi connectivity index (χ1) is 6.36. The van der Waals surface area contributed by atoms with Crippen LogP contribution in [0.3, 0.4) is 0 Å². The highest BCUT2D eigenvalue weighted by atomic mass is 15.1. The van der Waals surface area contributed by atoms with E-state index in [4.69, 9.17) is 0 Å². The highest BCUT2D eigenvalue weighted by Gasteiger charge is 2.06. The topological polar surface area (TPSA) is 57.4 Å². The number of nitrogens with one attached hydrogen (secondary N) is 2. The molecule has 0 aliphatic rings. The zero-order chi connectivity index (χ0) is 8.84. The molecule has 0 aromatic carbocycles. The Kier molecular flexibility index (Phi) is 1.07.